The Hall–Kier alpha value is -2.47. The lowest BCUT2D eigenvalue weighted by molar-refractivity contribution is 0.629. The molecule has 2 aromatic heterocycles. The number of anilines is 1. The zero-order valence-corrected chi connectivity index (χ0v) is 12.9. The van der Waals surface area contributed by atoms with Crippen molar-refractivity contribution in [1.29, 1.82) is 0 Å². The highest BCUT2D eigenvalue weighted by Crippen LogP contribution is 2.29. The minimum absolute atomic E-state index is 0.00917. The van der Waals surface area contributed by atoms with Crippen molar-refractivity contribution in [3.8, 4) is 0 Å². The van der Waals surface area contributed by atoms with Crippen LogP contribution < -0.4 is 10.6 Å². The standard InChI is InChI=1S/C17H18FN5/c1-22-9-16(20-10-22)13-7-23(8-14(13)19)17-5-3-11-2-4-12(18)6-15(11)21-17/h2-6,9-10,13-14H,7-8,19H2,1H3/t13-,14-/m1/s1. The number of aryl methyl sites for hydroxylation is 1. The maximum absolute atomic E-state index is 13.4. The molecule has 2 N–H and O–H groups in total. The van der Waals surface area contributed by atoms with Gasteiger partial charge in [0.05, 0.1) is 17.5 Å². The molecule has 0 unspecified atom stereocenters. The molecule has 3 aromatic rings. The second kappa shape index (κ2) is 5.31. The predicted molar refractivity (Wildman–Crippen MR) is 87.8 cm³/mol. The Morgan fingerprint density at radius 2 is 2.04 bits per heavy atom. The fourth-order valence-electron chi connectivity index (χ4n) is 3.21. The molecule has 0 saturated carbocycles. The topological polar surface area (TPSA) is 60.0 Å². The normalized spacial score (nSPS) is 21.3. The molecule has 3 heterocycles. The zero-order chi connectivity index (χ0) is 16.0. The van der Waals surface area contributed by atoms with E-state index >= 15 is 0 Å². The van der Waals surface area contributed by atoms with Gasteiger partial charge in [-0.2, -0.15) is 0 Å². The van der Waals surface area contributed by atoms with Crippen molar-refractivity contribution in [2.75, 3.05) is 18.0 Å². The lowest BCUT2D eigenvalue weighted by Gasteiger charge is -2.17. The van der Waals surface area contributed by atoms with Gasteiger partial charge in [-0.05, 0) is 24.3 Å². The number of fused-ring (bicyclic) bond motifs is 1. The third-order valence-electron chi connectivity index (χ3n) is 4.43. The molecule has 1 saturated heterocycles. The van der Waals surface area contributed by atoms with E-state index in [1.54, 1.807) is 12.4 Å². The minimum atomic E-state index is -0.272. The number of nitrogens with two attached hydrogens (primary N) is 1. The van der Waals surface area contributed by atoms with Gasteiger partial charge in [-0.25, -0.2) is 14.4 Å². The Balaban J connectivity index is 1.63. The van der Waals surface area contributed by atoms with Crippen molar-refractivity contribution in [3.05, 3.63) is 54.4 Å². The molecule has 0 aliphatic carbocycles. The van der Waals surface area contributed by atoms with Crippen LogP contribution in [0.1, 0.15) is 11.6 Å². The fraction of sp³-hybridized carbons (Fsp3) is 0.294. The summed E-state index contributed by atoms with van der Waals surface area (Å²) >= 11 is 0. The van der Waals surface area contributed by atoms with E-state index in [-0.39, 0.29) is 17.8 Å². The molecular weight excluding hydrogens is 293 g/mol. The molecule has 1 aliphatic rings. The quantitative estimate of drug-likeness (QED) is 0.787. The van der Waals surface area contributed by atoms with E-state index in [1.807, 2.05) is 29.9 Å². The van der Waals surface area contributed by atoms with Crippen molar-refractivity contribution in [3.63, 3.8) is 0 Å². The number of nitrogens with zero attached hydrogens (tertiary/aromatic N) is 4. The molecule has 23 heavy (non-hydrogen) atoms. The maximum Gasteiger partial charge on any atom is 0.129 e. The number of aromatic nitrogens is 3. The van der Waals surface area contributed by atoms with Crippen molar-refractivity contribution in [2.24, 2.45) is 12.8 Å². The van der Waals surface area contributed by atoms with E-state index in [9.17, 15) is 4.39 Å². The predicted octanol–water partition coefficient (Wildman–Crippen LogP) is 2.04. The van der Waals surface area contributed by atoms with Crippen LogP contribution in [0.2, 0.25) is 0 Å². The summed E-state index contributed by atoms with van der Waals surface area (Å²) in [5, 5.41) is 0.930. The zero-order valence-electron chi connectivity index (χ0n) is 12.9. The summed E-state index contributed by atoms with van der Waals surface area (Å²) in [7, 11) is 1.95. The van der Waals surface area contributed by atoms with E-state index < -0.39 is 0 Å². The fourth-order valence-corrected chi connectivity index (χ4v) is 3.21. The van der Waals surface area contributed by atoms with Gasteiger partial charge >= 0.3 is 0 Å². The number of pyridine rings is 1. The van der Waals surface area contributed by atoms with Crippen LogP contribution in [0.15, 0.2) is 42.9 Å². The first-order valence-electron chi connectivity index (χ1n) is 7.65. The summed E-state index contributed by atoms with van der Waals surface area (Å²) in [6.45, 7) is 1.49. The molecule has 0 spiro atoms. The molecule has 2 atom stereocenters. The molecule has 0 bridgehead atoms. The van der Waals surface area contributed by atoms with Crippen molar-refractivity contribution < 1.29 is 4.39 Å². The van der Waals surface area contributed by atoms with Gasteiger partial charge in [0.2, 0.25) is 0 Å². The molecule has 6 heteroatoms. The molecule has 4 rings (SSSR count). The van der Waals surface area contributed by atoms with Crippen LogP contribution in [0.4, 0.5) is 10.2 Å². The second-order valence-corrected chi connectivity index (χ2v) is 6.15. The number of hydrogen-bond donors (Lipinski definition) is 1. The second-order valence-electron chi connectivity index (χ2n) is 6.15. The van der Waals surface area contributed by atoms with Gasteiger partial charge in [-0.1, -0.05) is 0 Å². The van der Waals surface area contributed by atoms with E-state index in [4.69, 9.17) is 5.73 Å². The number of rotatable bonds is 2. The summed E-state index contributed by atoms with van der Waals surface area (Å²) in [5.74, 6) is 0.741. The maximum atomic E-state index is 13.4. The minimum Gasteiger partial charge on any atom is -0.354 e. The van der Waals surface area contributed by atoms with Crippen molar-refractivity contribution in [1.82, 2.24) is 14.5 Å². The van der Waals surface area contributed by atoms with Gasteiger partial charge in [-0.15, -0.1) is 0 Å². The average Bonchev–Trinajstić information content (AvgIpc) is 3.12. The van der Waals surface area contributed by atoms with E-state index in [2.05, 4.69) is 14.9 Å². The summed E-state index contributed by atoms with van der Waals surface area (Å²) < 4.78 is 15.3. The van der Waals surface area contributed by atoms with E-state index in [0.29, 0.717) is 5.52 Å². The molecule has 1 aliphatic heterocycles. The van der Waals surface area contributed by atoms with Crippen LogP contribution in [0, 0.1) is 5.82 Å². The largest absolute Gasteiger partial charge is 0.354 e. The molecule has 5 nitrogen and oxygen atoms in total. The summed E-state index contributed by atoms with van der Waals surface area (Å²) in [4.78, 5) is 11.2. The third kappa shape index (κ3) is 2.55. The molecule has 0 amide bonds. The Bertz CT molecular complexity index is 859. The highest BCUT2D eigenvalue weighted by atomic mass is 19.1. The number of benzene rings is 1. The monoisotopic (exact) mass is 311 g/mol. The first-order chi connectivity index (χ1) is 11.1. The number of hydrogen-bond acceptors (Lipinski definition) is 4. The molecule has 1 aromatic carbocycles. The van der Waals surface area contributed by atoms with Gasteiger partial charge in [0, 0.05) is 49.7 Å². The van der Waals surface area contributed by atoms with Gasteiger partial charge in [-0.3, -0.25) is 0 Å². The lowest BCUT2D eigenvalue weighted by atomic mass is 10.0. The third-order valence-corrected chi connectivity index (χ3v) is 4.43. The Kier molecular flexibility index (Phi) is 3.27. The Morgan fingerprint density at radius 1 is 1.22 bits per heavy atom. The van der Waals surface area contributed by atoms with Crippen LogP contribution >= 0.6 is 0 Å². The van der Waals surface area contributed by atoms with Gasteiger partial charge in [0.25, 0.3) is 0 Å². The van der Waals surface area contributed by atoms with Crippen molar-refractivity contribution in [2.45, 2.75) is 12.0 Å². The van der Waals surface area contributed by atoms with Gasteiger partial charge in [0.15, 0.2) is 0 Å². The highest BCUT2D eigenvalue weighted by Gasteiger charge is 2.33. The first-order valence-corrected chi connectivity index (χ1v) is 7.65. The van der Waals surface area contributed by atoms with Crippen molar-refractivity contribution >= 4 is 16.7 Å². The number of imidazole rings is 1. The summed E-state index contributed by atoms with van der Waals surface area (Å²) in [6, 6.07) is 8.60. The first kappa shape index (κ1) is 14.1. The van der Waals surface area contributed by atoms with Crippen LogP contribution in [-0.2, 0) is 7.05 Å². The highest BCUT2D eigenvalue weighted by molar-refractivity contribution is 5.80. The number of halogens is 1. The SMILES string of the molecule is Cn1cnc([C@@H]2CN(c3ccc4ccc(F)cc4n3)C[C@H]2N)c1. The molecule has 1 fully saturated rings. The summed E-state index contributed by atoms with van der Waals surface area (Å²) in [6.07, 6.45) is 3.80. The van der Waals surface area contributed by atoms with E-state index in [0.717, 1.165) is 30.0 Å². The Labute approximate surface area is 133 Å². The summed E-state index contributed by atoms with van der Waals surface area (Å²) in [5.41, 5.74) is 7.98. The average molecular weight is 311 g/mol. The molecule has 0 radical (unpaired) electrons. The van der Waals surface area contributed by atoms with Crippen LogP contribution in [0.5, 0.6) is 0 Å². The van der Waals surface area contributed by atoms with Crippen LogP contribution in [-0.4, -0.2) is 33.7 Å². The van der Waals surface area contributed by atoms with Crippen LogP contribution in [0.25, 0.3) is 10.9 Å². The molecule has 118 valence electrons. The smallest absolute Gasteiger partial charge is 0.129 e. The van der Waals surface area contributed by atoms with Gasteiger partial charge < -0.3 is 15.2 Å². The van der Waals surface area contributed by atoms with Crippen LogP contribution in [0.3, 0.4) is 0 Å². The molecular formula is C17H18FN5. The van der Waals surface area contributed by atoms with Gasteiger partial charge in [0.1, 0.15) is 11.6 Å². The van der Waals surface area contributed by atoms with E-state index in [1.165, 1.54) is 12.1 Å². The Morgan fingerprint density at radius 3 is 2.83 bits per heavy atom. The lowest BCUT2D eigenvalue weighted by Crippen LogP contribution is -2.29.